The topological polar surface area (TPSA) is 71.1 Å². The van der Waals surface area contributed by atoms with E-state index in [9.17, 15) is 22.8 Å². The number of carbonyl (C=O) groups is 2. The molecule has 0 bridgehead atoms. The molecule has 0 saturated carbocycles. The largest absolute Gasteiger partial charge is 0.416 e. The van der Waals surface area contributed by atoms with E-state index in [4.69, 9.17) is 0 Å². The van der Waals surface area contributed by atoms with Crippen molar-refractivity contribution in [3.63, 3.8) is 0 Å². The molecule has 1 aliphatic carbocycles. The Hall–Kier alpha value is -3.42. The summed E-state index contributed by atoms with van der Waals surface area (Å²) < 4.78 is 41.6. The molecular weight excluding hydrogens is 407 g/mol. The molecule has 1 aromatic heterocycles. The number of allylic oxidation sites excluding steroid dienone is 3. The zero-order chi connectivity index (χ0) is 22.2. The molecule has 2 N–H and O–H groups in total. The standard InChI is InChI=1S/C23H20F3N3O2/c1-13-19(22(31)29-18-11-4-5-12-27-18)20(21-16(28-13)9-6-10-17(21)30)14-7-2-3-8-15(14)23(24,25)26/h2-5,7-8,11-12,20,28H,6,9-10H2,1H3,(H,27,29,31)/t20-/m1/s1. The lowest BCUT2D eigenvalue weighted by atomic mass is 9.73. The maximum Gasteiger partial charge on any atom is 0.416 e. The first-order valence-electron chi connectivity index (χ1n) is 9.90. The molecule has 31 heavy (non-hydrogen) atoms. The van der Waals surface area contributed by atoms with Crippen LogP contribution in [0.1, 0.15) is 43.2 Å². The highest BCUT2D eigenvalue weighted by Gasteiger charge is 2.43. The number of amides is 1. The van der Waals surface area contributed by atoms with Gasteiger partial charge in [-0.25, -0.2) is 4.98 Å². The Balaban J connectivity index is 1.88. The van der Waals surface area contributed by atoms with E-state index in [1.807, 2.05) is 0 Å². The number of hydrogen-bond donors (Lipinski definition) is 2. The maximum atomic E-state index is 13.9. The summed E-state index contributed by atoms with van der Waals surface area (Å²) in [5, 5.41) is 5.75. The molecular formula is C23H20F3N3O2. The molecule has 2 heterocycles. The Labute approximate surface area is 177 Å². The number of rotatable bonds is 3. The molecule has 2 aromatic rings. The van der Waals surface area contributed by atoms with Gasteiger partial charge in [0.25, 0.3) is 5.91 Å². The van der Waals surface area contributed by atoms with Crippen LogP contribution in [0.25, 0.3) is 0 Å². The first-order chi connectivity index (χ1) is 14.8. The normalized spacial score (nSPS) is 19.1. The average Bonchev–Trinajstić information content (AvgIpc) is 2.73. The summed E-state index contributed by atoms with van der Waals surface area (Å²) in [7, 11) is 0. The van der Waals surface area contributed by atoms with E-state index in [1.165, 1.54) is 24.4 Å². The minimum Gasteiger partial charge on any atom is -0.362 e. The minimum atomic E-state index is -4.63. The summed E-state index contributed by atoms with van der Waals surface area (Å²) in [5.74, 6) is -1.70. The number of ketones is 1. The Morgan fingerprint density at radius 1 is 1.13 bits per heavy atom. The number of carbonyl (C=O) groups excluding carboxylic acids is 2. The quantitative estimate of drug-likeness (QED) is 0.745. The highest BCUT2D eigenvalue weighted by atomic mass is 19.4. The molecule has 160 valence electrons. The number of dihydropyridines is 1. The van der Waals surface area contributed by atoms with E-state index in [0.29, 0.717) is 24.2 Å². The number of benzene rings is 1. The van der Waals surface area contributed by atoms with Gasteiger partial charge in [-0.3, -0.25) is 9.59 Å². The number of halogens is 3. The molecule has 0 spiro atoms. The fraction of sp³-hybridized carbons (Fsp3) is 0.261. The molecule has 0 saturated heterocycles. The van der Waals surface area contributed by atoms with Gasteiger partial charge in [0, 0.05) is 41.1 Å². The first-order valence-corrected chi connectivity index (χ1v) is 9.90. The van der Waals surface area contributed by atoms with Gasteiger partial charge in [-0.05, 0) is 43.5 Å². The second kappa shape index (κ2) is 8.02. The van der Waals surface area contributed by atoms with Crippen LogP contribution in [0.3, 0.4) is 0 Å². The molecule has 4 rings (SSSR count). The number of alkyl halides is 3. The number of anilines is 1. The Bertz CT molecular complexity index is 1100. The zero-order valence-corrected chi connectivity index (χ0v) is 16.7. The van der Waals surface area contributed by atoms with Crippen molar-refractivity contribution in [2.75, 3.05) is 5.32 Å². The van der Waals surface area contributed by atoms with Gasteiger partial charge >= 0.3 is 6.18 Å². The van der Waals surface area contributed by atoms with E-state index in [1.54, 1.807) is 25.1 Å². The Morgan fingerprint density at radius 3 is 2.58 bits per heavy atom. The van der Waals surface area contributed by atoms with Crippen molar-refractivity contribution in [3.8, 4) is 0 Å². The van der Waals surface area contributed by atoms with Gasteiger partial charge in [0.15, 0.2) is 5.78 Å². The van der Waals surface area contributed by atoms with Crippen LogP contribution in [0.2, 0.25) is 0 Å². The lowest BCUT2D eigenvalue weighted by molar-refractivity contribution is -0.138. The summed E-state index contributed by atoms with van der Waals surface area (Å²) in [4.78, 5) is 30.2. The van der Waals surface area contributed by atoms with Crippen LogP contribution in [0.5, 0.6) is 0 Å². The monoisotopic (exact) mass is 427 g/mol. The van der Waals surface area contributed by atoms with E-state index >= 15 is 0 Å². The fourth-order valence-electron chi connectivity index (χ4n) is 4.22. The summed E-state index contributed by atoms with van der Waals surface area (Å²) in [5.41, 5.74) is 0.359. The van der Waals surface area contributed by atoms with Crippen molar-refractivity contribution in [3.05, 3.63) is 82.3 Å². The van der Waals surface area contributed by atoms with Crippen LogP contribution < -0.4 is 10.6 Å². The van der Waals surface area contributed by atoms with Gasteiger partial charge in [0.1, 0.15) is 5.82 Å². The van der Waals surface area contributed by atoms with E-state index in [2.05, 4.69) is 15.6 Å². The van der Waals surface area contributed by atoms with Crippen LogP contribution in [0.4, 0.5) is 19.0 Å². The molecule has 0 fully saturated rings. The van der Waals surface area contributed by atoms with Gasteiger partial charge in [-0.15, -0.1) is 0 Å². The van der Waals surface area contributed by atoms with Gasteiger partial charge in [0.05, 0.1) is 5.56 Å². The van der Waals surface area contributed by atoms with E-state index < -0.39 is 23.6 Å². The van der Waals surface area contributed by atoms with Gasteiger partial charge in [-0.1, -0.05) is 24.3 Å². The number of aromatic nitrogens is 1. The lowest BCUT2D eigenvalue weighted by Crippen LogP contribution is -2.36. The van der Waals surface area contributed by atoms with Crippen LogP contribution in [-0.2, 0) is 15.8 Å². The van der Waals surface area contributed by atoms with Gasteiger partial charge in [0.2, 0.25) is 0 Å². The molecule has 0 radical (unpaired) electrons. The number of pyridine rings is 1. The second-order valence-corrected chi connectivity index (χ2v) is 7.52. The number of nitrogens with zero attached hydrogens (tertiary/aromatic N) is 1. The summed E-state index contributed by atoms with van der Waals surface area (Å²) in [6.45, 7) is 1.64. The third-order valence-electron chi connectivity index (χ3n) is 5.50. The van der Waals surface area contributed by atoms with Gasteiger partial charge < -0.3 is 10.6 Å². The SMILES string of the molecule is CC1=C(C(=O)Nc2ccccn2)[C@@H](c2ccccc2C(F)(F)F)C2=C(CCCC2=O)N1. The first kappa shape index (κ1) is 20.8. The summed E-state index contributed by atoms with van der Waals surface area (Å²) in [6.07, 6.45) is -1.74. The molecule has 0 unspecified atom stereocenters. The maximum absolute atomic E-state index is 13.9. The predicted octanol–water partition coefficient (Wildman–Crippen LogP) is 4.71. The minimum absolute atomic E-state index is 0.0800. The fourth-order valence-corrected chi connectivity index (χ4v) is 4.22. The average molecular weight is 427 g/mol. The molecule has 1 aliphatic heterocycles. The molecule has 1 amide bonds. The van der Waals surface area contributed by atoms with Crippen LogP contribution in [-0.4, -0.2) is 16.7 Å². The molecule has 1 aromatic carbocycles. The third kappa shape index (κ3) is 3.97. The van der Waals surface area contributed by atoms with Crippen molar-refractivity contribution < 1.29 is 22.8 Å². The van der Waals surface area contributed by atoms with Crippen LogP contribution in [0.15, 0.2) is 71.2 Å². The number of nitrogens with one attached hydrogen (secondary N) is 2. The Morgan fingerprint density at radius 2 is 1.87 bits per heavy atom. The van der Waals surface area contributed by atoms with Crippen molar-refractivity contribution >= 4 is 17.5 Å². The third-order valence-corrected chi connectivity index (χ3v) is 5.50. The van der Waals surface area contributed by atoms with E-state index in [0.717, 1.165) is 6.07 Å². The highest BCUT2D eigenvalue weighted by Crippen LogP contribution is 2.46. The predicted molar refractivity (Wildman–Crippen MR) is 109 cm³/mol. The zero-order valence-electron chi connectivity index (χ0n) is 16.7. The van der Waals surface area contributed by atoms with Crippen LogP contribution >= 0.6 is 0 Å². The molecule has 1 atom stereocenters. The highest BCUT2D eigenvalue weighted by molar-refractivity contribution is 6.09. The number of hydrogen-bond acceptors (Lipinski definition) is 4. The molecule has 5 nitrogen and oxygen atoms in total. The van der Waals surface area contributed by atoms with Crippen molar-refractivity contribution in [1.82, 2.24) is 10.3 Å². The second-order valence-electron chi connectivity index (χ2n) is 7.52. The smallest absolute Gasteiger partial charge is 0.362 e. The molecule has 8 heteroatoms. The lowest BCUT2D eigenvalue weighted by Gasteiger charge is -2.35. The Kier molecular flexibility index (Phi) is 5.39. The summed E-state index contributed by atoms with van der Waals surface area (Å²) >= 11 is 0. The summed E-state index contributed by atoms with van der Waals surface area (Å²) in [6, 6.07) is 10.1. The van der Waals surface area contributed by atoms with Gasteiger partial charge in [-0.2, -0.15) is 13.2 Å². The van der Waals surface area contributed by atoms with Crippen molar-refractivity contribution in [2.45, 2.75) is 38.3 Å². The van der Waals surface area contributed by atoms with Crippen LogP contribution in [0, 0.1) is 0 Å². The van der Waals surface area contributed by atoms with E-state index in [-0.39, 0.29) is 34.7 Å². The van der Waals surface area contributed by atoms with Crippen molar-refractivity contribution in [1.29, 1.82) is 0 Å². The number of Topliss-reactive ketones (excluding diaryl/α,β-unsaturated/α-hetero) is 1. The van der Waals surface area contributed by atoms with Crippen molar-refractivity contribution in [2.24, 2.45) is 0 Å². The molecule has 2 aliphatic rings.